The Morgan fingerprint density at radius 1 is 0.893 bits per heavy atom. The summed E-state index contributed by atoms with van der Waals surface area (Å²) < 4.78 is 2.40. The highest BCUT2D eigenvalue weighted by atomic mass is 127. The van der Waals surface area contributed by atoms with Gasteiger partial charge < -0.3 is 28.9 Å². The Labute approximate surface area is 185 Å². The molecule has 2 nitrogen and oxygen atoms in total. The summed E-state index contributed by atoms with van der Waals surface area (Å²) in [6.07, 6.45) is 6.78. The van der Waals surface area contributed by atoms with E-state index in [1.165, 1.54) is 44.7 Å². The molecule has 0 saturated heterocycles. The highest BCUT2D eigenvalue weighted by molar-refractivity contribution is 5.81. The van der Waals surface area contributed by atoms with Crippen LogP contribution >= 0.6 is 0 Å². The van der Waals surface area contributed by atoms with Crippen molar-refractivity contribution in [3.63, 3.8) is 0 Å². The molecule has 1 aliphatic heterocycles. The molecule has 3 aromatic rings. The first-order valence-corrected chi connectivity index (χ1v) is 9.82. The van der Waals surface area contributed by atoms with Crippen LogP contribution < -0.4 is 33.4 Å². The van der Waals surface area contributed by atoms with Crippen LogP contribution in [0.15, 0.2) is 60.3 Å². The van der Waals surface area contributed by atoms with E-state index in [4.69, 9.17) is 0 Å². The van der Waals surface area contributed by atoms with Gasteiger partial charge in [0.2, 0.25) is 11.2 Å². The molecule has 0 bridgehead atoms. The number of aryl methyl sites for hydroxylation is 3. The molecule has 2 aromatic carbocycles. The Kier molecular flexibility index (Phi) is 6.23. The molecule has 144 valence electrons. The minimum absolute atomic E-state index is 0. The van der Waals surface area contributed by atoms with E-state index in [9.17, 15) is 0 Å². The summed E-state index contributed by atoms with van der Waals surface area (Å²) in [5, 5.41) is 1.30. The highest BCUT2D eigenvalue weighted by Crippen LogP contribution is 2.32. The van der Waals surface area contributed by atoms with Crippen molar-refractivity contribution in [3.8, 4) is 0 Å². The highest BCUT2D eigenvalue weighted by Gasteiger charge is 2.19. The van der Waals surface area contributed by atoms with Gasteiger partial charge in [-0.3, -0.25) is 0 Å². The predicted molar refractivity (Wildman–Crippen MR) is 116 cm³/mol. The molecule has 0 unspecified atom stereocenters. The van der Waals surface area contributed by atoms with Crippen LogP contribution in [0.1, 0.15) is 36.2 Å². The van der Waals surface area contributed by atoms with Crippen LogP contribution in [0.2, 0.25) is 0 Å². The van der Waals surface area contributed by atoms with E-state index in [-0.39, 0.29) is 24.0 Å². The topological polar surface area (TPSA) is 7.12 Å². The first kappa shape index (κ1) is 20.6. The minimum Gasteiger partial charge on any atom is -1.00 e. The summed E-state index contributed by atoms with van der Waals surface area (Å²) in [5.41, 5.74) is 8.95. The zero-order valence-corrected chi connectivity index (χ0v) is 19.2. The third-order valence-corrected chi connectivity index (χ3v) is 5.37. The predicted octanol–water partition coefficient (Wildman–Crippen LogP) is 2.66. The van der Waals surface area contributed by atoms with Gasteiger partial charge >= 0.3 is 0 Å². The van der Waals surface area contributed by atoms with Crippen molar-refractivity contribution >= 4 is 28.7 Å². The van der Waals surface area contributed by atoms with Crippen LogP contribution in [-0.4, -0.2) is 6.54 Å². The van der Waals surface area contributed by atoms with Gasteiger partial charge in [-0.15, -0.1) is 0 Å². The van der Waals surface area contributed by atoms with E-state index in [1.54, 1.807) is 0 Å². The Morgan fingerprint density at radius 2 is 1.64 bits per heavy atom. The molecule has 0 spiro atoms. The average molecular weight is 482 g/mol. The number of hydrogen-bond acceptors (Lipinski definition) is 1. The van der Waals surface area contributed by atoms with Crippen molar-refractivity contribution in [3.05, 3.63) is 82.7 Å². The summed E-state index contributed by atoms with van der Waals surface area (Å²) in [7, 11) is 0. The normalized spacial score (nSPS) is 14.3. The van der Waals surface area contributed by atoms with Gasteiger partial charge in [0.15, 0.2) is 0 Å². The summed E-state index contributed by atoms with van der Waals surface area (Å²) >= 11 is 0. The zero-order valence-electron chi connectivity index (χ0n) is 17.0. The third kappa shape index (κ3) is 3.72. The van der Waals surface area contributed by atoms with Crippen molar-refractivity contribution in [1.82, 2.24) is 0 Å². The molecule has 0 amide bonds. The number of hydrogen-bond donors (Lipinski definition) is 0. The van der Waals surface area contributed by atoms with Crippen LogP contribution in [0.4, 0.5) is 5.69 Å². The van der Waals surface area contributed by atoms with Crippen molar-refractivity contribution in [1.29, 1.82) is 0 Å². The minimum atomic E-state index is 0. The van der Waals surface area contributed by atoms with E-state index >= 15 is 0 Å². The number of rotatable bonds is 3. The fourth-order valence-corrected chi connectivity index (χ4v) is 4.00. The van der Waals surface area contributed by atoms with E-state index in [1.807, 2.05) is 0 Å². The summed E-state index contributed by atoms with van der Waals surface area (Å²) in [6.45, 7) is 10.6. The number of likely N-dealkylation sites (N-methyl/N-ethyl adjacent to an activating group) is 1. The van der Waals surface area contributed by atoms with Crippen LogP contribution in [0, 0.1) is 13.8 Å². The van der Waals surface area contributed by atoms with Crippen LogP contribution in [0.25, 0.3) is 23.1 Å². The molecular formula is C25H27IN2. The number of halogens is 1. The quantitative estimate of drug-likeness (QED) is 0.412. The second-order valence-corrected chi connectivity index (χ2v) is 7.27. The molecule has 0 saturated carbocycles. The number of benzene rings is 2. The lowest BCUT2D eigenvalue weighted by Gasteiger charge is -2.29. The average Bonchev–Trinajstić information content (AvgIpc) is 2.67. The van der Waals surface area contributed by atoms with E-state index in [0.717, 1.165) is 13.1 Å². The van der Waals surface area contributed by atoms with E-state index in [0.29, 0.717) is 0 Å². The van der Waals surface area contributed by atoms with Gasteiger partial charge in [-0.25, -0.2) is 0 Å². The molecule has 1 aliphatic rings. The number of fused-ring (bicyclic) bond motifs is 2. The summed E-state index contributed by atoms with van der Waals surface area (Å²) in [4.78, 5) is 2.40. The molecular weight excluding hydrogens is 455 g/mol. The van der Waals surface area contributed by atoms with Gasteiger partial charge in [0, 0.05) is 41.5 Å². The molecule has 0 fully saturated rings. The van der Waals surface area contributed by atoms with Gasteiger partial charge in [0.1, 0.15) is 6.54 Å². The lowest BCUT2D eigenvalue weighted by molar-refractivity contribution is -0.669. The van der Waals surface area contributed by atoms with Crippen molar-refractivity contribution in [2.75, 3.05) is 11.4 Å². The molecule has 28 heavy (non-hydrogen) atoms. The number of allylic oxidation sites excluding steroid dienone is 1. The largest absolute Gasteiger partial charge is 1.00 e. The standard InChI is InChI=1S/C25H27N2.HI/c1-5-26-22(13-11-21-15-18(3)8-14-24(21)26)17-23-12-10-20-9-7-19(4)16-25(20)27(23)6-2;/h7-17H,5-6H2,1-4H3;1H/q+1;/p-1. The molecule has 0 atom stereocenters. The van der Waals surface area contributed by atoms with E-state index in [2.05, 4.69) is 104 Å². The monoisotopic (exact) mass is 482 g/mol. The van der Waals surface area contributed by atoms with Crippen LogP contribution in [0.5, 0.6) is 0 Å². The first-order valence-electron chi connectivity index (χ1n) is 9.82. The van der Waals surface area contributed by atoms with E-state index < -0.39 is 0 Å². The Balaban J connectivity index is 0.00000225. The van der Waals surface area contributed by atoms with Gasteiger partial charge in [-0.1, -0.05) is 29.8 Å². The number of aromatic nitrogens is 1. The first-order chi connectivity index (χ1) is 13.1. The number of pyridine rings is 1. The Bertz CT molecular complexity index is 1080. The van der Waals surface area contributed by atoms with Gasteiger partial charge in [0.25, 0.3) is 0 Å². The Morgan fingerprint density at radius 3 is 2.39 bits per heavy atom. The Hall–Kier alpha value is -2.14. The molecule has 4 rings (SSSR count). The zero-order chi connectivity index (χ0) is 19.0. The number of nitrogens with zero attached hydrogens (tertiary/aromatic N) is 2. The SMILES string of the molecule is CCN1/C(=C/c2ccc3cc(C)ccc3[n+]2CC)C=Cc2ccc(C)cc21.[I-]. The molecule has 3 heteroatoms. The van der Waals surface area contributed by atoms with Crippen LogP contribution in [0.3, 0.4) is 0 Å². The third-order valence-electron chi connectivity index (χ3n) is 5.37. The second kappa shape index (κ2) is 8.48. The van der Waals surface area contributed by atoms with Gasteiger partial charge in [-0.05, 0) is 63.1 Å². The maximum absolute atomic E-state index is 2.40. The fraction of sp³-hybridized carbons (Fsp3) is 0.240. The molecule has 0 N–H and O–H groups in total. The lowest BCUT2D eigenvalue weighted by Crippen LogP contribution is -3.00. The number of anilines is 1. The van der Waals surface area contributed by atoms with Crippen LogP contribution in [-0.2, 0) is 6.54 Å². The smallest absolute Gasteiger partial charge is 0.212 e. The molecule has 2 heterocycles. The molecule has 0 radical (unpaired) electrons. The maximum atomic E-state index is 2.40. The van der Waals surface area contributed by atoms with Crippen molar-refractivity contribution < 1.29 is 28.5 Å². The molecule has 1 aromatic heterocycles. The lowest BCUT2D eigenvalue weighted by atomic mass is 10.0. The van der Waals surface area contributed by atoms with Gasteiger partial charge in [-0.2, -0.15) is 4.57 Å². The van der Waals surface area contributed by atoms with Gasteiger partial charge in [0.05, 0.1) is 0 Å². The summed E-state index contributed by atoms with van der Waals surface area (Å²) in [5.74, 6) is 0. The maximum Gasteiger partial charge on any atom is 0.212 e. The molecule has 0 aliphatic carbocycles. The van der Waals surface area contributed by atoms with Crippen molar-refractivity contribution in [2.24, 2.45) is 0 Å². The fourth-order valence-electron chi connectivity index (χ4n) is 4.00. The second-order valence-electron chi connectivity index (χ2n) is 7.27. The summed E-state index contributed by atoms with van der Waals surface area (Å²) in [6, 6.07) is 17.9. The van der Waals surface area contributed by atoms with Crippen molar-refractivity contribution in [2.45, 2.75) is 34.2 Å².